The number of thiophene rings is 1. The van der Waals surface area contributed by atoms with Crippen molar-refractivity contribution >= 4 is 23.1 Å². The fraction of sp³-hybridized carbons (Fsp3) is 0.562. The van der Waals surface area contributed by atoms with Gasteiger partial charge in [0, 0.05) is 13.1 Å². The first-order chi connectivity index (χ1) is 10.4. The van der Waals surface area contributed by atoms with E-state index >= 15 is 0 Å². The highest BCUT2D eigenvalue weighted by atomic mass is 32.1. The Labute approximate surface area is 134 Å². The van der Waals surface area contributed by atoms with Crippen molar-refractivity contribution in [1.29, 1.82) is 0 Å². The van der Waals surface area contributed by atoms with Crippen LogP contribution >= 0.6 is 11.3 Å². The Kier molecular flexibility index (Phi) is 3.80. The molecule has 3 heterocycles. The van der Waals surface area contributed by atoms with Gasteiger partial charge in [-0.2, -0.15) is 10.2 Å². The molecule has 0 N–H and O–H groups in total. The number of piperidine rings is 1. The van der Waals surface area contributed by atoms with Gasteiger partial charge in [0.1, 0.15) is 16.8 Å². The lowest BCUT2D eigenvalue weighted by molar-refractivity contribution is 0.0187. The average molecular weight is 319 g/mol. The minimum atomic E-state index is -0.453. The molecule has 1 saturated heterocycles. The third-order valence-electron chi connectivity index (χ3n) is 3.82. The zero-order chi connectivity index (χ0) is 15.8. The molecule has 22 heavy (non-hydrogen) atoms. The summed E-state index contributed by atoms with van der Waals surface area (Å²) in [7, 11) is 0. The van der Waals surface area contributed by atoms with Gasteiger partial charge in [0.05, 0.1) is 4.88 Å². The molecule has 0 atom stereocenters. The second-order valence-electron chi connectivity index (χ2n) is 6.78. The summed E-state index contributed by atoms with van der Waals surface area (Å²) < 4.78 is 5.43. The zero-order valence-electron chi connectivity index (χ0n) is 13.2. The van der Waals surface area contributed by atoms with Gasteiger partial charge >= 0.3 is 6.09 Å². The molecule has 0 aromatic carbocycles. The van der Waals surface area contributed by atoms with Crippen LogP contribution in [0.25, 0.3) is 5.70 Å². The van der Waals surface area contributed by atoms with Crippen molar-refractivity contribution in [3.63, 3.8) is 0 Å². The quantitative estimate of drug-likeness (QED) is 0.774. The Bertz CT molecular complexity index is 606. The van der Waals surface area contributed by atoms with Crippen molar-refractivity contribution in [3.8, 4) is 0 Å². The lowest BCUT2D eigenvalue weighted by Gasteiger charge is -2.36. The molecule has 0 bridgehead atoms. The first kappa shape index (κ1) is 15.2. The molecule has 5 nitrogen and oxygen atoms in total. The largest absolute Gasteiger partial charge is 0.444 e. The van der Waals surface area contributed by atoms with Crippen LogP contribution in [0.4, 0.5) is 4.79 Å². The molecule has 0 saturated carbocycles. The third-order valence-corrected chi connectivity index (χ3v) is 4.71. The molecule has 118 valence electrons. The standard InChI is InChI=1S/C16H21N3O2S/c1-15(2,3)21-14(20)19-8-6-16(7-9-19)11-12(17-18-16)13-5-4-10-22-13/h4-5,10-11H,6-9H2,1-3H3. The van der Waals surface area contributed by atoms with Crippen LogP contribution in [0.15, 0.2) is 33.8 Å². The number of ether oxygens (including phenoxy) is 1. The molecule has 0 aliphatic carbocycles. The number of rotatable bonds is 1. The van der Waals surface area contributed by atoms with E-state index in [9.17, 15) is 4.79 Å². The van der Waals surface area contributed by atoms with Crippen molar-refractivity contribution < 1.29 is 9.53 Å². The minimum absolute atomic E-state index is 0.236. The van der Waals surface area contributed by atoms with Gasteiger partial charge < -0.3 is 9.64 Å². The summed E-state index contributed by atoms with van der Waals surface area (Å²) in [6.07, 6.45) is 3.51. The van der Waals surface area contributed by atoms with Crippen LogP contribution in [0, 0.1) is 0 Å². The Morgan fingerprint density at radius 2 is 2.09 bits per heavy atom. The predicted octanol–water partition coefficient (Wildman–Crippen LogP) is 4.32. The maximum atomic E-state index is 12.1. The molecule has 1 aromatic rings. The van der Waals surface area contributed by atoms with Crippen LogP contribution in [0.3, 0.4) is 0 Å². The monoisotopic (exact) mass is 319 g/mol. The van der Waals surface area contributed by atoms with E-state index in [0.29, 0.717) is 13.1 Å². The Balaban J connectivity index is 1.63. The number of likely N-dealkylation sites (tertiary alicyclic amines) is 1. The molecule has 2 aliphatic heterocycles. The van der Waals surface area contributed by atoms with Crippen LogP contribution < -0.4 is 0 Å². The molecule has 1 fully saturated rings. The summed E-state index contributed by atoms with van der Waals surface area (Å²) in [5.41, 5.74) is 0.268. The predicted molar refractivity (Wildman–Crippen MR) is 86.9 cm³/mol. The van der Waals surface area contributed by atoms with E-state index in [2.05, 4.69) is 22.4 Å². The van der Waals surface area contributed by atoms with Gasteiger partial charge in [-0.05, 0) is 51.1 Å². The molecule has 1 spiro atoms. The Morgan fingerprint density at radius 3 is 2.68 bits per heavy atom. The van der Waals surface area contributed by atoms with Crippen LogP contribution in [0.5, 0.6) is 0 Å². The number of carbonyl (C=O) groups excluding carboxylic acids is 1. The second kappa shape index (κ2) is 5.50. The molecule has 2 aliphatic rings. The molecular weight excluding hydrogens is 298 g/mol. The summed E-state index contributed by atoms with van der Waals surface area (Å²) in [6, 6.07) is 4.08. The molecule has 1 amide bonds. The molecule has 6 heteroatoms. The van der Waals surface area contributed by atoms with Crippen molar-refractivity contribution in [3.05, 3.63) is 28.5 Å². The normalized spacial score (nSPS) is 20.3. The van der Waals surface area contributed by atoms with E-state index in [-0.39, 0.29) is 11.6 Å². The van der Waals surface area contributed by atoms with Gasteiger partial charge in [0.25, 0.3) is 0 Å². The van der Waals surface area contributed by atoms with Gasteiger partial charge in [0.15, 0.2) is 0 Å². The first-order valence-corrected chi connectivity index (χ1v) is 8.42. The maximum Gasteiger partial charge on any atom is 0.410 e. The fourth-order valence-electron chi connectivity index (χ4n) is 2.66. The number of azo groups is 1. The fourth-order valence-corrected chi connectivity index (χ4v) is 3.34. The molecule has 0 radical (unpaired) electrons. The van der Waals surface area contributed by atoms with Crippen molar-refractivity contribution in [2.75, 3.05) is 13.1 Å². The summed E-state index contributed by atoms with van der Waals surface area (Å²) in [5, 5.41) is 10.9. The van der Waals surface area contributed by atoms with Crippen molar-refractivity contribution in [2.45, 2.75) is 44.8 Å². The third kappa shape index (κ3) is 3.21. The first-order valence-electron chi connectivity index (χ1n) is 7.55. The van der Waals surface area contributed by atoms with Crippen LogP contribution in [-0.2, 0) is 4.74 Å². The van der Waals surface area contributed by atoms with Crippen LogP contribution in [0.2, 0.25) is 0 Å². The smallest absolute Gasteiger partial charge is 0.410 e. The molecule has 0 unspecified atom stereocenters. The molecular formula is C16H21N3O2S. The van der Waals surface area contributed by atoms with Crippen molar-refractivity contribution in [2.24, 2.45) is 10.2 Å². The molecule has 1 aromatic heterocycles. The Morgan fingerprint density at radius 1 is 1.36 bits per heavy atom. The van der Waals surface area contributed by atoms with Gasteiger partial charge in [-0.15, -0.1) is 11.3 Å². The van der Waals surface area contributed by atoms with E-state index in [1.807, 2.05) is 32.2 Å². The Hall–Kier alpha value is -1.69. The lowest BCUT2D eigenvalue weighted by atomic mass is 9.88. The van der Waals surface area contributed by atoms with Gasteiger partial charge in [-0.25, -0.2) is 4.79 Å². The zero-order valence-corrected chi connectivity index (χ0v) is 14.0. The van der Waals surface area contributed by atoms with E-state index in [1.165, 1.54) is 0 Å². The molecule has 3 rings (SSSR count). The van der Waals surface area contributed by atoms with Gasteiger partial charge in [-0.1, -0.05) is 6.07 Å². The highest BCUT2D eigenvalue weighted by molar-refractivity contribution is 7.11. The summed E-state index contributed by atoms with van der Waals surface area (Å²) in [5.74, 6) is 0. The number of hydrogen-bond acceptors (Lipinski definition) is 5. The summed E-state index contributed by atoms with van der Waals surface area (Å²) in [4.78, 5) is 15.0. The SMILES string of the molecule is CC(C)(C)OC(=O)N1CCC2(C=C(c3cccs3)N=N2)CC1. The topological polar surface area (TPSA) is 54.3 Å². The number of nitrogens with zero attached hydrogens (tertiary/aromatic N) is 3. The summed E-state index contributed by atoms with van der Waals surface area (Å²) >= 11 is 1.67. The van der Waals surface area contributed by atoms with Gasteiger partial charge in [-0.3, -0.25) is 0 Å². The van der Waals surface area contributed by atoms with Crippen LogP contribution in [0.1, 0.15) is 38.5 Å². The minimum Gasteiger partial charge on any atom is -0.444 e. The van der Waals surface area contributed by atoms with E-state index in [0.717, 1.165) is 23.4 Å². The number of hydrogen-bond donors (Lipinski definition) is 0. The van der Waals surface area contributed by atoms with Crippen molar-refractivity contribution in [1.82, 2.24) is 4.90 Å². The number of amides is 1. The highest BCUT2D eigenvalue weighted by Crippen LogP contribution is 2.38. The lowest BCUT2D eigenvalue weighted by Crippen LogP contribution is -2.46. The average Bonchev–Trinajstić information content (AvgIpc) is 3.07. The van der Waals surface area contributed by atoms with E-state index in [4.69, 9.17) is 4.74 Å². The maximum absolute atomic E-state index is 12.1. The van der Waals surface area contributed by atoms with Gasteiger partial charge in [0.2, 0.25) is 0 Å². The number of carbonyl (C=O) groups is 1. The van der Waals surface area contributed by atoms with E-state index < -0.39 is 5.60 Å². The summed E-state index contributed by atoms with van der Waals surface area (Å²) in [6.45, 7) is 6.97. The van der Waals surface area contributed by atoms with E-state index in [1.54, 1.807) is 16.2 Å². The second-order valence-corrected chi connectivity index (χ2v) is 7.73. The highest BCUT2D eigenvalue weighted by Gasteiger charge is 2.38. The van der Waals surface area contributed by atoms with Crippen LogP contribution in [-0.4, -0.2) is 35.2 Å².